The molecule has 0 saturated heterocycles. The van der Waals surface area contributed by atoms with Crippen molar-refractivity contribution in [3.8, 4) is 6.01 Å². The minimum absolute atomic E-state index is 0.190. The summed E-state index contributed by atoms with van der Waals surface area (Å²) >= 11 is 0. The number of rotatable bonds is 4. The number of aromatic nitrogens is 2. The molecule has 7 heteroatoms. The predicted octanol–water partition coefficient (Wildman–Crippen LogP) is 1.62. The van der Waals surface area contributed by atoms with E-state index in [4.69, 9.17) is 0 Å². The van der Waals surface area contributed by atoms with E-state index in [1.165, 1.54) is 6.92 Å². The molecule has 1 unspecified atom stereocenters. The highest BCUT2D eigenvalue weighted by molar-refractivity contribution is 5.93. The molecule has 1 atom stereocenters. The van der Waals surface area contributed by atoms with Gasteiger partial charge in [-0.25, -0.2) is 18.7 Å². The summed E-state index contributed by atoms with van der Waals surface area (Å²) in [6, 6.07) is -0.534. The van der Waals surface area contributed by atoms with Gasteiger partial charge in [0.1, 0.15) is 0 Å². The maximum absolute atomic E-state index is 12.4. The van der Waals surface area contributed by atoms with Gasteiger partial charge in [-0.05, 0) is 6.92 Å². The molecule has 0 fully saturated rings. The van der Waals surface area contributed by atoms with Crippen LogP contribution >= 0.6 is 0 Å². The van der Waals surface area contributed by atoms with E-state index in [-0.39, 0.29) is 11.3 Å². The molecular formula is C8H7F3N2O2. The molecule has 0 saturated carbocycles. The van der Waals surface area contributed by atoms with Gasteiger partial charge in [0.25, 0.3) is 0 Å². The van der Waals surface area contributed by atoms with E-state index < -0.39 is 18.8 Å². The molecule has 1 rings (SSSR count). The van der Waals surface area contributed by atoms with Crippen molar-refractivity contribution >= 4 is 5.78 Å². The Balaban J connectivity index is 2.68. The fourth-order valence-corrected chi connectivity index (χ4v) is 0.711. The van der Waals surface area contributed by atoms with Crippen molar-refractivity contribution in [2.75, 3.05) is 0 Å². The summed E-state index contributed by atoms with van der Waals surface area (Å²) in [7, 11) is 0. The Morgan fingerprint density at radius 3 is 2.27 bits per heavy atom. The second-order valence-corrected chi connectivity index (χ2v) is 2.61. The highest BCUT2D eigenvalue weighted by atomic mass is 19.3. The lowest BCUT2D eigenvalue weighted by Crippen LogP contribution is -2.20. The number of ketones is 1. The largest absolute Gasteiger partial charge is 0.422 e. The van der Waals surface area contributed by atoms with Gasteiger partial charge in [-0.3, -0.25) is 4.79 Å². The van der Waals surface area contributed by atoms with Crippen molar-refractivity contribution in [1.29, 1.82) is 0 Å². The minimum atomic E-state index is -3.26. The van der Waals surface area contributed by atoms with Gasteiger partial charge in [-0.15, -0.1) is 0 Å². The van der Waals surface area contributed by atoms with Crippen LogP contribution in [0.15, 0.2) is 12.4 Å². The monoisotopic (exact) mass is 220 g/mol. The van der Waals surface area contributed by atoms with Crippen LogP contribution in [-0.2, 0) is 0 Å². The molecule has 0 N–H and O–H groups in total. The Morgan fingerprint density at radius 2 is 1.87 bits per heavy atom. The number of alkyl halides is 3. The summed E-state index contributed by atoms with van der Waals surface area (Å²) in [4.78, 5) is 17.6. The van der Waals surface area contributed by atoms with Gasteiger partial charge in [-0.2, -0.15) is 4.39 Å². The molecule has 0 aliphatic heterocycles. The lowest BCUT2D eigenvalue weighted by atomic mass is 10.2. The average Bonchev–Trinajstić information content (AvgIpc) is 2.18. The fourth-order valence-electron chi connectivity index (χ4n) is 0.711. The number of hydrogen-bond acceptors (Lipinski definition) is 4. The van der Waals surface area contributed by atoms with Crippen molar-refractivity contribution in [2.24, 2.45) is 0 Å². The number of carbonyl (C=O) groups is 1. The molecule has 0 amide bonds. The summed E-state index contributed by atoms with van der Waals surface area (Å²) in [5.41, 5.74) is 0.190. The minimum Gasteiger partial charge on any atom is -0.422 e. The molecular weight excluding hydrogens is 213 g/mol. The van der Waals surface area contributed by atoms with E-state index in [1.807, 2.05) is 0 Å². The molecule has 0 aromatic carbocycles. The number of nitrogens with zero attached hydrogens (tertiary/aromatic N) is 2. The van der Waals surface area contributed by atoms with Gasteiger partial charge in [-0.1, -0.05) is 0 Å². The lowest BCUT2D eigenvalue weighted by molar-refractivity contribution is -0.0713. The van der Waals surface area contributed by atoms with Crippen molar-refractivity contribution in [3.63, 3.8) is 0 Å². The van der Waals surface area contributed by atoms with Gasteiger partial charge in [0.05, 0.1) is 5.56 Å². The molecule has 0 aliphatic rings. The van der Waals surface area contributed by atoms with Crippen LogP contribution in [0.5, 0.6) is 6.01 Å². The standard InChI is InChI=1S/C8H7F3N2O2/c1-4(14)5-2-12-8(13-3-5)15-7(11)6(9)10/h2-3,6-7H,1H3. The third kappa shape index (κ3) is 3.19. The molecule has 1 heterocycles. The molecule has 82 valence electrons. The van der Waals surface area contributed by atoms with Crippen LogP contribution in [0.25, 0.3) is 0 Å². The van der Waals surface area contributed by atoms with Crippen LogP contribution in [0.3, 0.4) is 0 Å². The van der Waals surface area contributed by atoms with Crippen LogP contribution in [0, 0.1) is 0 Å². The maximum Gasteiger partial charge on any atom is 0.319 e. The van der Waals surface area contributed by atoms with Crippen LogP contribution in [0.4, 0.5) is 13.2 Å². The molecule has 1 aromatic heterocycles. The Bertz CT molecular complexity index is 342. The zero-order chi connectivity index (χ0) is 11.4. The summed E-state index contributed by atoms with van der Waals surface area (Å²) in [6.45, 7) is 1.29. The second-order valence-electron chi connectivity index (χ2n) is 2.61. The quantitative estimate of drug-likeness (QED) is 0.723. The first-order chi connectivity index (χ1) is 7.00. The summed E-state index contributed by atoms with van der Waals surface area (Å²) in [5.74, 6) is -0.285. The summed E-state index contributed by atoms with van der Waals surface area (Å²) in [5, 5.41) is 0. The highest BCUT2D eigenvalue weighted by Gasteiger charge is 2.21. The van der Waals surface area contributed by atoms with Crippen molar-refractivity contribution in [2.45, 2.75) is 19.7 Å². The third-order valence-corrected chi connectivity index (χ3v) is 1.45. The predicted molar refractivity (Wildman–Crippen MR) is 43.6 cm³/mol. The van der Waals surface area contributed by atoms with Crippen LogP contribution in [-0.4, -0.2) is 28.5 Å². The van der Waals surface area contributed by atoms with Gasteiger partial charge < -0.3 is 4.74 Å². The Morgan fingerprint density at radius 1 is 1.33 bits per heavy atom. The first-order valence-electron chi connectivity index (χ1n) is 3.92. The van der Waals surface area contributed by atoms with Crippen LogP contribution in [0.1, 0.15) is 17.3 Å². The van der Waals surface area contributed by atoms with Crippen LogP contribution in [0.2, 0.25) is 0 Å². The van der Waals surface area contributed by atoms with E-state index in [9.17, 15) is 18.0 Å². The van der Waals surface area contributed by atoms with Gasteiger partial charge in [0.15, 0.2) is 5.78 Å². The third-order valence-electron chi connectivity index (χ3n) is 1.45. The summed E-state index contributed by atoms with van der Waals surface area (Å²) < 4.78 is 39.8. The number of Topliss-reactive ketones (excluding diaryl/α,β-unsaturated/α-hetero) is 1. The molecule has 0 aliphatic carbocycles. The van der Waals surface area contributed by atoms with Crippen molar-refractivity contribution in [1.82, 2.24) is 9.97 Å². The fraction of sp³-hybridized carbons (Fsp3) is 0.375. The van der Waals surface area contributed by atoms with E-state index >= 15 is 0 Å². The normalized spacial score (nSPS) is 12.6. The molecule has 1 aromatic rings. The number of halogens is 3. The molecule has 0 spiro atoms. The number of ether oxygens (including phenoxy) is 1. The lowest BCUT2D eigenvalue weighted by Gasteiger charge is -2.07. The number of hydrogen-bond donors (Lipinski definition) is 0. The first kappa shape index (κ1) is 11.4. The van der Waals surface area contributed by atoms with Crippen molar-refractivity contribution < 1.29 is 22.7 Å². The molecule has 4 nitrogen and oxygen atoms in total. The van der Waals surface area contributed by atoms with Crippen LogP contribution < -0.4 is 4.74 Å². The van der Waals surface area contributed by atoms with Gasteiger partial charge in [0.2, 0.25) is 0 Å². The SMILES string of the molecule is CC(=O)c1cnc(OC(F)C(F)F)nc1. The zero-order valence-corrected chi connectivity index (χ0v) is 7.65. The zero-order valence-electron chi connectivity index (χ0n) is 7.65. The van der Waals surface area contributed by atoms with Gasteiger partial charge >= 0.3 is 18.8 Å². The first-order valence-corrected chi connectivity index (χ1v) is 3.92. The van der Waals surface area contributed by atoms with E-state index in [0.29, 0.717) is 0 Å². The maximum atomic E-state index is 12.4. The van der Waals surface area contributed by atoms with Gasteiger partial charge in [0, 0.05) is 12.4 Å². The van der Waals surface area contributed by atoms with E-state index in [1.54, 1.807) is 0 Å². The average molecular weight is 220 g/mol. The topological polar surface area (TPSA) is 52.1 Å². The molecule has 0 radical (unpaired) electrons. The smallest absolute Gasteiger partial charge is 0.319 e. The highest BCUT2D eigenvalue weighted by Crippen LogP contribution is 2.11. The molecule has 0 bridgehead atoms. The van der Waals surface area contributed by atoms with E-state index in [0.717, 1.165) is 12.4 Å². The Labute approximate surface area is 83.1 Å². The second kappa shape index (κ2) is 4.72. The molecule has 15 heavy (non-hydrogen) atoms. The Kier molecular flexibility index (Phi) is 3.59. The Hall–Kier alpha value is -1.66. The van der Waals surface area contributed by atoms with E-state index in [2.05, 4.69) is 14.7 Å². The number of carbonyl (C=O) groups excluding carboxylic acids is 1. The summed E-state index contributed by atoms with van der Waals surface area (Å²) in [6.07, 6.45) is -3.89. The van der Waals surface area contributed by atoms with Crippen molar-refractivity contribution in [3.05, 3.63) is 18.0 Å².